The highest BCUT2D eigenvalue weighted by atomic mass is 19.1. The minimum Gasteiger partial charge on any atom is -0.497 e. The van der Waals surface area contributed by atoms with Crippen molar-refractivity contribution >= 4 is 28.2 Å². The lowest BCUT2D eigenvalue weighted by Gasteiger charge is -2.23. The summed E-state index contributed by atoms with van der Waals surface area (Å²) in [6, 6.07) is 18.6. The number of halogens is 2. The molecule has 0 aliphatic carbocycles. The number of benzene rings is 3. The number of ether oxygens (including phenoxy) is 3. The van der Waals surface area contributed by atoms with Crippen molar-refractivity contribution in [3.05, 3.63) is 83.9 Å². The van der Waals surface area contributed by atoms with Gasteiger partial charge in [0.2, 0.25) is 11.8 Å². The quantitative estimate of drug-likeness (QED) is 0.200. The van der Waals surface area contributed by atoms with Crippen molar-refractivity contribution in [3.63, 3.8) is 0 Å². The topological polar surface area (TPSA) is 86.6 Å². The highest BCUT2D eigenvalue weighted by molar-refractivity contribution is 5.95. The molecule has 43 heavy (non-hydrogen) atoms. The Morgan fingerprint density at radius 3 is 2.49 bits per heavy atom. The number of hydrogen-bond donors (Lipinski definition) is 1. The van der Waals surface area contributed by atoms with Crippen molar-refractivity contribution in [2.24, 2.45) is 0 Å². The van der Waals surface area contributed by atoms with Crippen molar-refractivity contribution in [2.45, 2.75) is 32.1 Å². The predicted molar refractivity (Wildman–Crippen MR) is 161 cm³/mol. The van der Waals surface area contributed by atoms with Crippen LogP contribution in [0.2, 0.25) is 0 Å². The molecule has 6 rings (SSSR count). The Morgan fingerprint density at radius 2 is 1.79 bits per heavy atom. The van der Waals surface area contributed by atoms with Gasteiger partial charge in [0.1, 0.15) is 41.1 Å². The van der Waals surface area contributed by atoms with Gasteiger partial charge in [-0.15, -0.1) is 0 Å². The van der Waals surface area contributed by atoms with Crippen molar-refractivity contribution < 1.29 is 23.0 Å². The van der Waals surface area contributed by atoms with Gasteiger partial charge in [0, 0.05) is 37.8 Å². The highest BCUT2D eigenvalue weighted by Crippen LogP contribution is 2.36. The summed E-state index contributed by atoms with van der Waals surface area (Å²) in [4.78, 5) is 11.2. The number of fused-ring (bicyclic) bond motifs is 1. The lowest BCUT2D eigenvalue weighted by Crippen LogP contribution is -2.19. The van der Waals surface area contributed by atoms with Crippen LogP contribution >= 0.6 is 0 Å². The number of methoxy groups -OCH3 is 1. The summed E-state index contributed by atoms with van der Waals surface area (Å²) < 4.78 is 48.2. The first kappa shape index (κ1) is 28.4. The molecule has 3 aromatic carbocycles. The first-order valence-electron chi connectivity index (χ1n) is 14.1. The SMILES string of the molecule is COc1ccc(COc2cc(-c3nn(C4CCCCO4)c4ccc(Nc5c(F)cccc5F)cc34)nc(N(C)C)n2)cc1. The largest absolute Gasteiger partial charge is 0.497 e. The van der Waals surface area contributed by atoms with Crippen molar-refractivity contribution in [1.29, 1.82) is 0 Å². The predicted octanol–water partition coefficient (Wildman–Crippen LogP) is 6.87. The Bertz CT molecular complexity index is 1720. The molecule has 0 amide bonds. The lowest BCUT2D eigenvalue weighted by atomic mass is 10.1. The molecular formula is C32H32F2N6O3. The Labute approximate surface area is 248 Å². The number of aromatic nitrogens is 4. The maximum Gasteiger partial charge on any atom is 0.228 e. The smallest absolute Gasteiger partial charge is 0.228 e. The summed E-state index contributed by atoms with van der Waals surface area (Å²) in [6.07, 6.45) is 2.60. The van der Waals surface area contributed by atoms with Gasteiger partial charge in [-0.05, 0) is 67.3 Å². The number of rotatable bonds is 9. The van der Waals surface area contributed by atoms with Gasteiger partial charge in [-0.1, -0.05) is 18.2 Å². The van der Waals surface area contributed by atoms with E-state index in [9.17, 15) is 8.78 Å². The van der Waals surface area contributed by atoms with Gasteiger partial charge >= 0.3 is 0 Å². The molecule has 1 N–H and O–H groups in total. The average molecular weight is 587 g/mol. The molecular weight excluding hydrogens is 554 g/mol. The van der Waals surface area contributed by atoms with Crippen LogP contribution in [0.4, 0.5) is 26.1 Å². The number of nitrogens with zero attached hydrogens (tertiary/aromatic N) is 5. The molecule has 1 atom stereocenters. The molecule has 2 aromatic heterocycles. The van der Waals surface area contributed by atoms with E-state index in [1.165, 1.54) is 18.2 Å². The summed E-state index contributed by atoms with van der Waals surface area (Å²) in [5, 5.41) is 8.61. The molecule has 1 aliphatic rings. The first-order chi connectivity index (χ1) is 20.9. The summed E-state index contributed by atoms with van der Waals surface area (Å²) in [7, 11) is 5.33. The second kappa shape index (κ2) is 12.2. The first-order valence-corrected chi connectivity index (χ1v) is 14.1. The van der Waals surface area contributed by atoms with Crippen LogP contribution in [0.25, 0.3) is 22.3 Å². The van der Waals surface area contributed by atoms with E-state index in [1.54, 1.807) is 24.1 Å². The van der Waals surface area contributed by atoms with E-state index in [0.29, 0.717) is 42.1 Å². The zero-order chi connectivity index (χ0) is 29.9. The third-order valence-electron chi connectivity index (χ3n) is 7.25. The molecule has 11 heteroatoms. The van der Waals surface area contributed by atoms with Crippen LogP contribution in [0.1, 0.15) is 31.1 Å². The van der Waals surface area contributed by atoms with Crippen LogP contribution in [-0.4, -0.2) is 47.6 Å². The van der Waals surface area contributed by atoms with Crippen LogP contribution in [0.3, 0.4) is 0 Å². The van der Waals surface area contributed by atoms with Crippen LogP contribution in [0, 0.1) is 11.6 Å². The Kier molecular flexibility index (Phi) is 8.06. The van der Waals surface area contributed by atoms with Crippen molar-refractivity contribution in [3.8, 4) is 23.0 Å². The molecule has 1 unspecified atom stereocenters. The lowest BCUT2D eigenvalue weighted by molar-refractivity contribution is -0.0365. The van der Waals surface area contributed by atoms with E-state index in [2.05, 4.69) is 10.3 Å². The molecule has 1 saturated heterocycles. The van der Waals surface area contributed by atoms with Crippen molar-refractivity contribution in [2.75, 3.05) is 38.0 Å². The second-order valence-corrected chi connectivity index (χ2v) is 10.5. The zero-order valence-corrected chi connectivity index (χ0v) is 24.2. The van der Waals surface area contributed by atoms with Gasteiger partial charge in [0.25, 0.3) is 0 Å². The molecule has 3 heterocycles. The summed E-state index contributed by atoms with van der Waals surface area (Å²) in [5.74, 6) is 0.220. The Morgan fingerprint density at radius 1 is 1.00 bits per heavy atom. The molecule has 0 radical (unpaired) electrons. The normalized spacial score (nSPS) is 15.0. The van der Waals surface area contributed by atoms with Gasteiger partial charge in [0.05, 0.1) is 12.6 Å². The fraction of sp³-hybridized carbons (Fsp3) is 0.281. The maximum atomic E-state index is 14.5. The second-order valence-electron chi connectivity index (χ2n) is 10.5. The number of hydrogen-bond acceptors (Lipinski definition) is 8. The highest BCUT2D eigenvalue weighted by Gasteiger charge is 2.24. The van der Waals surface area contributed by atoms with E-state index in [1.807, 2.05) is 55.2 Å². The third-order valence-corrected chi connectivity index (χ3v) is 7.25. The van der Waals surface area contributed by atoms with Gasteiger partial charge in [-0.2, -0.15) is 10.1 Å². The van der Waals surface area contributed by atoms with E-state index in [0.717, 1.165) is 41.5 Å². The molecule has 0 bridgehead atoms. The van der Waals surface area contributed by atoms with Gasteiger partial charge < -0.3 is 24.4 Å². The summed E-state index contributed by atoms with van der Waals surface area (Å²) in [5.41, 5.74) is 3.15. The van der Waals surface area contributed by atoms with Gasteiger partial charge in [-0.3, -0.25) is 0 Å². The average Bonchev–Trinajstić information content (AvgIpc) is 3.41. The van der Waals surface area contributed by atoms with Crippen LogP contribution in [-0.2, 0) is 11.3 Å². The summed E-state index contributed by atoms with van der Waals surface area (Å²) in [6.45, 7) is 0.940. The molecule has 0 spiro atoms. The van der Waals surface area contributed by atoms with E-state index >= 15 is 0 Å². The minimum atomic E-state index is -0.684. The monoisotopic (exact) mass is 586 g/mol. The standard InChI is InChI=1S/C32H32F2N6O3/c1-39(2)32-36-26(18-28(37-32)43-19-20-10-13-22(41-3)14-11-20)30-23-17-21(35-31-24(33)7-6-8-25(31)34)12-15-27(23)40(38-30)29-9-4-5-16-42-29/h6-8,10-15,17-18,29,35H,4-5,9,16,19H2,1-3H3. The molecule has 1 fully saturated rings. The van der Waals surface area contributed by atoms with Gasteiger partial charge in [0.15, 0.2) is 6.23 Å². The maximum absolute atomic E-state index is 14.5. The summed E-state index contributed by atoms with van der Waals surface area (Å²) >= 11 is 0. The molecule has 0 saturated carbocycles. The van der Waals surface area contributed by atoms with E-state index in [-0.39, 0.29) is 11.9 Å². The van der Waals surface area contributed by atoms with Gasteiger partial charge in [-0.25, -0.2) is 18.4 Å². The zero-order valence-electron chi connectivity index (χ0n) is 24.2. The third kappa shape index (κ3) is 6.07. The van der Waals surface area contributed by atoms with Crippen LogP contribution in [0.5, 0.6) is 11.6 Å². The number of para-hydroxylation sites is 1. The Balaban J connectivity index is 1.42. The van der Waals surface area contributed by atoms with E-state index < -0.39 is 11.6 Å². The minimum absolute atomic E-state index is 0.224. The molecule has 9 nitrogen and oxygen atoms in total. The molecule has 222 valence electrons. The molecule has 1 aliphatic heterocycles. The number of anilines is 3. The van der Waals surface area contributed by atoms with Crippen LogP contribution < -0.4 is 19.7 Å². The number of nitrogens with one attached hydrogen (secondary N) is 1. The van der Waals surface area contributed by atoms with E-state index in [4.69, 9.17) is 24.3 Å². The fourth-order valence-corrected chi connectivity index (χ4v) is 4.99. The van der Waals surface area contributed by atoms with Crippen molar-refractivity contribution in [1.82, 2.24) is 19.7 Å². The van der Waals surface area contributed by atoms with Crippen LogP contribution in [0.15, 0.2) is 66.7 Å². The Hall–Kier alpha value is -4.77. The molecule has 5 aromatic rings. The fourth-order valence-electron chi connectivity index (χ4n) is 4.99.